The molecule has 34 heavy (non-hydrogen) atoms. The number of thiocarbonyl (C=S) groups is 1. The number of unbranched alkanes of at least 4 members (excludes halogenated alkanes) is 1. The fourth-order valence-electron chi connectivity index (χ4n) is 3.32. The SMILES string of the molecule is CCCCOc1cccc(C(=O)NC(=S)Nc2cc(-c3nc4ccccc4o3)ccc2OC)c1. The Morgan fingerprint density at radius 2 is 1.94 bits per heavy atom. The standard InChI is InChI=1S/C26H25N3O4S/c1-3-4-14-32-19-9-7-8-17(15-19)24(30)29-26(34)28-21-16-18(12-13-22(21)31-2)25-27-20-10-5-6-11-23(20)33-25/h5-13,15-16H,3-4,14H2,1-2H3,(H2,28,29,30,34). The highest BCUT2D eigenvalue weighted by Crippen LogP contribution is 2.31. The van der Waals surface area contributed by atoms with Crippen molar-refractivity contribution in [3.8, 4) is 23.0 Å². The van der Waals surface area contributed by atoms with Crippen LogP contribution in [-0.4, -0.2) is 29.7 Å². The maximum absolute atomic E-state index is 12.7. The van der Waals surface area contributed by atoms with E-state index in [1.54, 1.807) is 31.4 Å². The van der Waals surface area contributed by atoms with Crippen molar-refractivity contribution < 1.29 is 18.7 Å². The number of hydrogen-bond acceptors (Lipinski definition) is 6. The Morgan fingerprint density at radius 3 is 2.74 bits per heavy atom. The predicted molar refractivity (Wildman–Crippen MR) is 137 cm³/mol. The summed E-state index contributed by atoms with van der Waals surface area (Å²) in [7, 11) is 1.56. The zero-order valence-electron chi connectivity index (χ0n) is 19.0. The van der Waals surface area contributed by atoms with Crippen LogP contribution in [-0.2, 0) is 0 Å². The summed E-state index contributed by atoms with van der Waals surface area (Å²) in [6.45, 7) is 2.71. The molecule has 0 unspecified atom stereocenters. The van der Waals surface area contributed by atoms with Crippen LogP contribution in [0.25, 0.3) is 22.6 Å². The van der Waals surface area contributed by atoms with Crippen LogP contribution in [0.5, 0.6) is 11.5 Å². The Bertz CT molecular complexity index is 1290. The highest BCUT2D eigenvalue weighted by atomic mass is 32.1. The van der Waals surface area contributed by atoms with Crippen molar-refractivity contribution in [3.05, 3.63) is 72.3 Å². The van der Waals surface area contributed by atoms with Gasteiger partial charge in [0.1, 0.15) is 17.0 Å². The minimum absolute atomic E-state index is 0.135. The molecule has 0 fully saturated rings. The number of oxazole rings is 1. The van der Waals surface area contributed by atoms with Gasteiger partial charge in [0.15, 0.2) is 10.7 Å². The van der Waals surface area contributed by atoms with Crippen molar-refractivity contribution in [1.29, 1.82) is 0 Å². The Hall–Kier alpha value is -3.91. The Labute approximate surface area is 203 Å². The van der Waals surface area contributed by atoms with Crippen LogP contribution in [0.3, 0.4) is 0 Å². The minimum atomic E-state index is -0.340. The Morgan fingerprint density at radius 1 is 1.09 bits per heavy atom. The number of rotatable bonds is 8. The molecule has 2 N–H and O–H groups in total. The van der Waals surface area contributed by atoms with Crippen LogP contribution in [0.15, 0.2) is 71.1 Å². The molecule has 0 saturated heterocycles. The zero-order valence-corrected chi connectivity index (χ0v) is 19.8. The molecule has 0 atom stereocenters. The van der Waals surface area contributed by atoms with Crippen molar-refractivity contribution in [2.45, 2.75) is 19.8 Å². The van der Waals surface area contributed by atoms with Crippen LogP contribution in [0.1, 0.15) is 30.1 Å². The molecule has 4 rings (SSSR count). The predicted octanol–water partition coefficient (Wildman–Crippen LogP) is 5.81. The van der Waals surface area contributed by atoms with E-state index in [2.05, 4.69) is 22.5 Å². The van der Waals surface area contributed by atoms with Gasteiger partial charge < -0.3 is 19.2 Å². The molecule has 174 valence electrons. The lowest BCUT2D eigenvalue weighted by molar-refractivity contribution is 0.0977. The van der Waals surface area contributed by atoms with Crippen LogP contribution < -0.4 is 20.1 Å². The third-order valence-corrected chi connectivity index (χ3v) is 5.28. The molecule has 0 aliphatic rings. The monoisotopic (exact) mass is 475 g/mol. The lowest BCUT2D eigenvalue weighted by atomic mass is 10.2. The molecule has 0 aliphatic heterocycles. The van der Waals surface area contributed by atoms with Gasteiger partial charge in [0.2, 0.25) is 5.89 Å². The smallest absolute Gasteiger partial charge is 0.257 e. The van der Waals surface area contributed by atoms with Gasteiger partial charge in [-0.2, -0.15) is 0 Å². The molecule has 3 aromatic carbocycles. The number of hydrogen-bond donors (Lipinski definition) is 2. The van der Waals surface area contributed by atoms with E-state index in [0.717, 1.165) is 23.9 Å². The second-order valence-corrected chi connectivity index (χ2v) is 7.95. The van der Waals surface area contributed by atoms with Gasteiger partial charge in [-0.05, 0) is 67.2 Å². The summed E-state index contributed by atoms with van der Waals surface area (Å²) in [5, 5.41) is 5.87. The van der Waals surface area contributed by atoms with E-state index in [1.165, 1.54) is 0 Å². The topological polar surface area (TPSA) is 85.6 Å². The zero-order chi connectivity index (χ0) is 23.9. The first-order chi connectivity index (χ1) is 16.6. The number of benzene rings is 3. The molecule has 0 spiro atoms. The summed E-state index contributed by atoms with van der Waals surface area (Å²) >= 11 is 5.38. The van der Waals surface area contributed by atoms with Gasteiger partial charge in [-0.15, -0.1) is 0 Å². The second-order valence-electron chi connectivity index (χ2n) is 7.54. The van der Waals surface area contributed by atoms with Crippen LogP contribution >= 0.6 is 12.2 Å². The maximum Gasteiger partial charge on any atom is 0.257 e. The van der Waals surface area contributed by atoms with E-state index < -0.39 is 0 Å². The molecular weight excluding hydrogens is 450 g/mol. The minimum Gasteiger partial charge on any atom is -0.495 e. The van der Waals surface area contributed by atoms with Crippen molar-refractivity contribution in [2.75, 3.05) is 19.0 Å². The quantitative estimate of drug-likeness (QED) is 0.246. The fraction of sp³-hybridized carbons (Fsp3) is 0.192. The number of anilines is 1. The molecule has 4 aromatic rings. The van der Waals surface area contributed by atoms with Crippen molar-refractivity contribution in [2.24, 2.45) is 0 Å². The van der Waals surface area contributed by atoms with Gasteiger partial charge >= 0.3 is 0 Å². The Kier molecular flexibility index (Phi) is 7.39. The van der Waals surface area contributed by atoms with Crippen molar-refractivity contribution in [3.63, 3.8) is 0 Å². The first-order valence-electron chi connectivity index (χ1n) is 11.0. The average Bonchev–Trinajstić information content (AvgIpc) is 3.29. The lowest BCUT2D eigenvalue weighted by Gasteiger charge is -2.14. The van der Waals surface area contributed by atoms with E-state index >= 15 is 0 Å². The Balaban J connectivity index is 1.47. The highest BCUT2D eigenvalue weighted by molar-refractivity contribution is 7.80. The molecule has 0 saturated carbocycles. The van der Waals surface area contributed by atoms with Gasteiger partial charge in [0, 0.05) is 11.1 Å². The summed E-state index contributed by atoms with van der Waals surface area (Å²) in [6, 6.07) is 20.0. The number of nitrogens with zero attached hydrogens (tertiary/aromatic N) is 1. The second kappa shape index (κ2) is 10.8. The summed E-state index contributed by atoms with van der Waals surface area (Å²) in [5.41, 5.74) is 3.23. The molecule has 8 heteroatoms. The van der Waals surface area contributed by atoms with Crippen molar-refractivity contribution in [1.82, 2.24) is 10.3 Å². The van der Waals surface area contributed by atoms with Gasteiger partial charge in [0.05, 0.1) is 19.4 Å². The molecule has 1 amide bonds. The first-order valence-corrected chi connectivity index (χ1v) is 11.4. The molecule has 0 aliphatic carbocycles. The van der Waals surface area contributed by atoms with E-state index in [0.29, 0.717) is 40.8 Å². The number of amides is 1. The van der Waals surface area contributed by atoms with Gasteiger partial charge in [-0.3, -0.25) is 10.1 Å². The van der Waals surface area contributed by atoms with Crippen LogP contribution in [0.4, 0.5) is 5.69 Å². The highest BCUT2D eigenvalue weighted by Gasteiger charge is 2.14. The average molecular weight is 476 g/mol. The van der Waals surface area contributed by atoms with Crippen LogP contribution in [0.2, 0.25) is 0 Å². The molecular formula is C26H25N3O4S. The molecule has 7 nitrogen and oxygen atoms in total. The summed E-state index contributed by atoms with van der Waals surface area (Å²) in [5.74, 6) is 1.34. The number of nitrogens with one attached hydrogen (secondary N) is 2. The fourth-order valence-corrected chi connectivity index (χ4v) is 3.53. The first kappa shape index (κ1) is 23.3. The van der Waals surface area contributed by atoms with Crippen molar-refractivity contribution >= 4 is 40.0 Å². The summed E-state index contributed by atoms with van der Waals surface area (Å²) < 4.78 is 17.0. The van der Waals surface area contributed by atoms with Crippen LogP contribution in [0, 0.1) is 0 Å². The number of fused-ring (bicyclic) bond motifs is 1. The summed E-state index contributed by atoms with van der Waals surface area (Å²) in [4.78, 5) is 17.3. The molecule has 1 aromatic heterocycles. The summed E-state index contributed by atoms with van der Waals surface area (Å²) in [6.07, 6.45) is 1.99. The van der Waals surface area contributed by atoms with E-state index in [1.807, 2.05) is 42.5 Å². The normalized spacial score (nSPS) is 10.6. The van der Waals surface area contributed by atoms with Gasteiger partial charge in [0.25, 0.3) is 5.91 Å². The largest absolute Gasteiger partial charge is 0.495 e. The molecule has 0 bridgehead atoms. The third-order valence-electron chi connectivity index (χ3n) is 5.08. The van der Waals surface area contributed by atoms with E-state index in [4.69, 9.17) is 26.1 Å². The number of carbonyl (C=O) groups is 1. The number of carbonyl (C=O) groups excluding carboxylic acids is 1. The van der Waals surface area contributed by atoms with Gasteiger partial charge in [-0.25, -0.2) is 4.98 Å². The lowest BCUT2D eigenvalue weighted by Crippen LogP contribution is -2.34. The maximum atomic E-state index is 12.7. The number of methoxy groups -OCH3 is 1. The number of para-hydroxylation sites is 2. The van der Waals surface area contributed by atoms with Gasteiger partial charge in [-0.1, -0.05) is 31.5 Å². The molecule has 1 heterocycles. The number of ether oxygens (including phenoxy) is 2. The molecule has 0 radical (unpaired) electrons. The third kappa shape index (κ3) is 5.52. The number of aromatic nitrogens is 1. The van der Waals surface area contributed by atoms with E-state index in [-0.39, 0.29) is 11.0 Å². The van der Waals surface area contributed by atoms with E-state index in [9.17, 15) is 4.79 Å².